The van der Waals surface area contributed by atoms with Gasteiger partial charge in [0.05, 0.1) is 5.02 Å². The van der Waals surface area contributed by atoms with Crippen LogP contribution in [0.1, 0.15) is 6.92 Å². The monoisotopic (exact) mass is 323 g/mol. The van der Waals surface area contributed by atoms with E-state index in [1.54, 1.807) is 6.92 Å². The normalized spacial score (nSPS) is 11.8. The standard InChI is InChI=1S/C10H8Cl2FN3O2S/c1-2-16-9(14-15-10(16)19(12,17)18)6-4-3-5-7(13)8(6)11/h3-5H,2H2,1H3. The molecule has 102 valence electrons. The van der Waals surface area contributed by atoms with Crippen molar-refractivity contribution in [2.45, 2.75) is 18.6 Å². The van der Waals surface area contributed by atoms with Crippen LogP contribution in [-0.2, 0) is 15.6 Å². The summed E-state index contributed by atoms with van der Waals surface area (Å²) in [6.07, 6.45) is 0. The van der Waals surface area contributed by atoms with Gasteiger partial charge in [-0.05, 0) is 19.1 Å². The Balaban J connectivity index is 2.71. The molecule has 5 nitrogen and oxygen atoms in total. The first-order valence-corrected chi connectivity index (χ1v) is 7.87. The lowest BCUT2D eigenvalue weighted by Crippen LogP contribution is -2.06. The van der Waals surface area contributed by atoms with E-state index in [4.69, 9.17) is 22.3 Å². The molecule has 0 radical (unpaired) electrons. The number of aromatic nitrogens is 3. The SMILES string of the molecule is CCn1c(-c2cccc(F)c2Cl)nnc1S(=O)(=O)Cl. The third-order valence-electron chi connectivity index (χ3n) is 2.44. The Hall–Kier alpha value is -1.18. The van der Waals surface area contributed by atoms with Gasteiger partial charge in [0.25, 0.3) is 14.2 Å². The van der Waals surface area contributed by atoms with Gasteiger partial charge < -0.3 is 0 Å². The third-order valence-corrected chi connectivity index (χ3v) is 3.98. The van der Waals surface area contributed by atoms with Crippen molar-refractivity contribution in [3.05, 3.63) is 29.0 Å². The zero-order valence-electron chi connectivity index (χ0n) is 9.64. The van der Waals surface area contributed by atoms with E-state index in [2.05, 4.69) is 10.2 Å². The molecule has 0 spiro atoms. The molecular formula is C10H8Cl2FN3O2S. The molecule has 0 saturated carbocycles. The van der Waals surface area contributed by atoms with Gasteiger partial charge in [-0.25, -0.2) is 12.8 Å². The molecule has 0 amide bonds. The molecule has 1 heterocycles. The molecule has 0 aliphatic heterocycles. The first kappa shape index (κ1) is 14.2. The maximum atomic E-state index is 13.4. The van der Waals surface area contributed by atoms with Crippen LogP contribution in [0.3, 0.4) is 0 Å². The van der Waals surface area contributed by atoms with Crippen molar-refractivity contribution in [2.24, 2.45) is 0 Å². The topological polar surface area (TPSA) is 64.8 Å². The Labute approximate surface area is 118 Å². The fourth-order valence-corrected chi connectivity index (χ4v) is 2.80. The highest BCUT2D eigenvalue weighted by Gasteiger charge is 2.23. The number of hydrogen-bond donors (Lipinski definition) is 0. The molecule has 0 aliphatic rings. The van der Waals surface area contributed by atoms with Gasteiger partial charge in [-0.1, -0.05) is 17.7 Å². The third kappa shape index (κ3) is 2.58. The summed E-state index contributed by atoms with van der Waals surface area (Å²) in [5.74, 6) is -0.480. The molecule has 2 rings (SSSR count). The van der Waals surface area contributed by atoms with E-state index < -0.39 is 20.0 Å². The van der Waals surface area contributed by atoms with Gasteiger partial charge in [0, 0.05) is 22.8 Å². The average molecular weight is 324 g/mol. The minimum absolute atomic E-state index is 0.145. The molecule has 19 heavy (non-hydrogen) atoms. The molecule has 1 aromatic carbocycles. The minimum atomic E-state index is -4.03. The van der Waals surface area contributed by atoms with Crippen molar-refractivity contribution in [1.29, 1.82) is 0 Å². The Kier molecular flexibility index (Phi) is 3.80. The second-order valence-corrected chi connectivity index (χ2v) is 6.43. The van der Waals surface area contributed by atoms with Crippen molar-refractivity contribution in [1.82, 2.24) is 14.8 Å². The minimum Gasteiger partial charge on any atom is -0.297 e. The van der Waals surface area contributed by atoms with E-state index in [1.807, 2.05) is 0 Å². The van der Waals surface area contributed by atoms with Gasteiger partial charge in [0.2, 0.25) is 0 Å². The van der Waals surface area contributed by atoms with Crippen molar-refractivity contribution < 1.29 is 12.8 Å². The van der Waals surface area contributed by atoms with Crippen LogP contribution in [0.25, 0.3) is 11.4 Å². The summed E-state index contributed by atoms with van der Waals surface area (Å²) in [5.41, 5.74) is 0.252. The average Bonchev–Trinajstić information content (AvgIpc) is 2.76. The Morgan fingerprint density at radius 1 is 1.37 bits per heavy atom. The highest BCUT2D eigenvalue weighted by molar-refractivity contribution is 8.13. The quantitative estimate of drug-likeness (QED) is 0.814. The summed E-state index contributed by atoms with van der Waals surface area (Å²) in [5, 5.41) is 6.70. The fraction of sp³-hybridized carbons (Fsp3) is 0.200. The zero-order chi connectivity index (χ0) is 14.2. The van der Waals surface area contributed by atoms with Crippen LogP contribution in [0, 0.1) is 5.82 Å². The molecule has 1 aromatic heterocycles. The molecule has 0 saturated heterocycles. The molecule has 0 fully saturated rings. The summed E-state index contributed by atoms with van der Waals surface area (Å²) < 4.78 is 37.3. The van der Waals surface area contributed by atoms with Crippen molar-refractivity contribution in [2.75, 3.05) is 0 Å². The largest absolute Gasteiger partial charge is 0.297 e. The van der Waals surface area contributed by atoms with Gasteiger partial charge >= 0.3 is 0 Å². The zero-order valence-corrected chi connectivity index (χ0v) is 12.0. The van der Waals surface area contributed by atoms with Crippen LogP contribution < -0.4 is 0 Å². The number of rotatable bonds is 3. The first-order chi connectivity index (χ1) is 8.86. The van der Waals surface area contributed by atoms with Crippen molar-refractivity contribution in [3.63, 3.8) is 0 Å². The summed E-state index contributed by atoms with van der Waals surface area (Å²) in [6.45, 7) is 1.93. The molecule has 9 heteroatoms. The van der Waals surface area contributed by atoms with Crippen LogP contribution in [-0.4, -0.2) is 23.2 Å². The van der Waals surface area contributed by atoms with E-state index in [1.165, 1.54) is 22.8 Å². The molecule has 2 aromatic rings. The van der Waals surface area contributed by atoms with Crippen LogP contribution >= 0.6 is 22.3 Å². The van der Waals surface area contributed by atoms with E-state index in [0.717, 1.165) is 0 Å². The molecule has 0 bridgehead atoms. The highest BCUT2D eigenvalue weighted by atomic mass is 35.7. The van der Waals surface area contributed by atoms with Crippen molar-refractivity contribution in [3.8, 4) is 11.4 Å². The lowest BCUT2D eigenvalue weighted by atomic mass is 10.2. The van der Waals surface area contributed by atoms with Gasteiger partial charge in [-0.2, -0.15) is 0 Å². The van der Waals surface area contributed by atoms with Crippen LogP contribution in [0.15, 0.2) is 23.4 Å². The van der Waals surface area contributed by atoms with Gasteiger partial charge in [0.1, 0.15) is 5.82 Å². The summed E-state index contributed by atoms with van der Waals surface area (Å²) in [6, 6.07) is 4.16. The van der Waals surface area contributed by atoms with E-state index >= 15 is 0 Å². The number of halogens is 3. The highest BCUT2D eigenvalue weighted by Crippen LogP contribution is 2.30. The van der Waals surface area contributed by atoms with E-state index in [9.17, 15) is 12.8 Å². The van der Waals surface area contributed by atoms with Crippen LogP contribution in [0.5, 0.6) is 0 Å². The summed E-state index contributed by atoms with van der Waals surface area (Å²) in [7, 11) is 1.23. The number of hydrogen-bond acceptors (Lipinski definition) is 4. The van der Waals surface area contributed by atoms with Crippen LogP contribution in [0.4, 0.5) is 4.39 Å². The summed E-state index contributed by atoms with van der Waals surface area (Å²) in [4.78, 5) is 0. The van der Waals surface area contributed by atoms with Gasteiger partial charge in [-0.3, -0.25) is 4.57 Å². The summed E-state index contributed by atoms with van der Waals surface area (Å²) >= 11 is 5.84. The first-order valence-electron chi connectivity index (χ1n) is 5.18. The molecule has 0 aliphatic carbocycles. The second kappa shape index (κ2) is 5.07. The predicted molar refractivity (Wildman–Crippen MR) is 69.1 cm³/mol. The Bertz CT molecular complexity index is 730. The number of nitrogens with zero attached hydrogens (tertiary/aromatic N) is 3. The van der Waals surface area contributed by atoms with E-state index in [0.29, 0.717) is 0 Å². The lowest BCUT2D eigenvalue weighted by molar-refractivity contribution is 0.582. The Morgan fingerprint density at radius 3 is 2.63 bits per heavy atom. The second-order valence-electron chi connectivity index (χ2n) is 3.59. The van der Waals surface area contributed by atoms with Crippen molar-refractivity contribution >= 4 is 31.3 Å². The maximum absolute atomic E-state index is 13.4. The Morgan fingerprint density at radius 2 is 2.05 bits per heavy atom. The van der Waals surface area contributed by atoms with Gasteiger partial charge in [0.15, 0.2) is 5.82 Å². The maximum Gasteiger partial charge on any atom is 0.296 e. The smallest absolute Gasteiger partial charge is 0.296 e. The van der Waals surface area contributed by atoms with Gasteiger partial charge in [-0.15, -0.1) is 10.2 Å². The fourth-order valence-electron chi connectivity index (χ4n) is 1.63. The van der Waals surface area contributed by atoms with Crippen LogP contribution in [0.2, 0.25) is 5.02 Å². The molecule has 0 unspecified atom stereocenters. The van der Waals surface area contributed by atoms with E-state index in [-0.39, 0.29) is 23.0 Å². The number of benzene rings is 1. The molecule has 0 atom stereocenters. The molecule has 0 N–H and O–H groups in total. The molecular weight excluding hydrogens is 316 g/mol. The predicted octanol–water partition coefficient (Wildman–Crippen LogP) is 2.69. The lowest BCUT2D eigenvalue weighted by Gasteiger charge is -2.07.